The summed E-state index contributed by atoms with van der Waals surface area (Å²) >= 11 is -4.67. The van der Waals surface area contributed by atoms with Gasteiger partial charge in [0.15, 0.2) is 0 Å². The molecule has 0 radical (unpaired) electrons. The molecule has 0 unspecified atom stereocenters. The van der Waals surface area contributed by atoms with Crippen LogP contribution in [-0.4, -0.2) is 47.5 Å². The van der Waals surface area contributed by atoms with Crippen molar-refractivity contribution in [3.63, 3.8) is 0 Å². The summed E-state index contributed by atoms with van der Waals surface area (Å²) in [7, 11) is -3.02. The SMILES string of the molecule is Cc1ccc2c(c1)c1cc(C[SiH](C)C)ccc1n2-c1ccc(-c2ccc([Se](=O)(=O)c3ccc(-c4ccc(-n5c6ccc(C[SiH](C)C)cc6c6cc([Si](C)(C)C)ccc65)cc4)cc3)cc2)cc1. The minimum atomic E-state index is -4.67. The van der Waals surface area contributed by atoms with Crippen LogP contribution in [-0.2, 0) is 19.8 Å². The van der Waals surface area contributed by atoms with Gasteiger partial charge in [-0.25, -0.2) is 0 Å². The van der Waals surface area contributed by atoms with Crippen LogP contribution in [0.3, 0.4) is 0 Å². The molecule has 2 heterocycles. The summed E-state index contributed by atoms with van der Waals surface area (Å²) < 4.78 is 33.5. The standard InChI is InChI=1S/C58H58N2O2SeSi3/c1-39-9-29-55-51(33-39)52-34-40(37-64(2)3)10-30-56(52)59(55)46-20-12-42(13-21-46)44-16-24-48(25-17-44)63(61,62)49-26-18-45(19-27-49)43-14-22-47(23-15-43)60-57-31-11-41(38-65(4)5)35-53(57)54-36-50(66(6,7)8)28-32-58(54)60/h9-36,64-65H,37-38H2,1-8H3. The molecule has 2 aromatic heterocycles. The van der Waals surface area contributed by atoms with Gasteiger partial charge in [-0.1, -0.05) is 67.7 Å². The van der Waals surface area contributed by atoms with Crippen molar-refractivity contribution in [1.29, 1.82) is 0 Å². The molecule has 0 aliphatic carbocycles. The second kappa shape index (κ2) is 17.1. The first-order valence-electron chi connectivity index (χ1n) is 23.4. The molecule has 0 saturated heterocycles. The van der Waals surface area contributed by atoms with Gasteiger partial charge in [0.05, 0.1) is 8.07 Å². The molecule has 0 amide bonds. The number of aromatic nitrogens is 2. The summed E-state index contributed by atoms with van der Waals surface area (Å²) in [5.74, 6) is 0. The van der Waals surface area contributed by atoms with Gasteiger partial charge >= 0.3 is 286 Å². The van der Waals surface area contributed by atoms with Gasteiger partial charge in [0.25, 0.3) is 0 Å². The van der Waals surface area contributed by atoms with Gasteiger partial charge in [-0.15, -0.1) is 0 Å². The average molecular weight is 978 g/mol. The van der Waals surface area contributed by atoms with Gasteiger partial charge in [-0.2, -0.15) is 0 Å². The van der Waals surface area contributed by atoms with Crippen molar-refractivity contribution >= 4 is 96.1 Å². The molecule has 0 spiro atoms. The zero-order valence-electron chi connectivity index (χ0n) is 39.4. The van der Waals surface area contributed by atoms with Gasteiger partial charge in [0.1, 0.15) is 0 Å². The van der Waals surface area contributed by atoms with E-state index < -0.39 is 38.4 Å². The van der Waals surface area contributed by atoms with Gasteiger partial charge in [-0.05, 0) is 19.0 Å². The van der Waals surface area contributed by atoms with Crippen LogP contribution in [0.15, 0.2) is 170 Å². The first kappa shape index (κ1) is 44.0. The molecule has 0 aliphatic rings. The summed E-state index contributed by atoms with van der Waals surface area (Å²) in [5, 5.41) is 6.71. The van der Waals surface area contributed by atoms with E-state index in [9.17, 15) is 7.67 Å². The Kier molecular flexibility index (Phi) is 11.4. The van der Waals surface area contributed by atoms with E-state index in [2.05, 4.69) is 183 Å². The molecule has 0 saturated carbocycles. The normalized spacial score (nSPS) is 12.5. The van der Waals surface area contributed by atoms with Crippen LogP contribution in [0.2, 0.25) is 45.8 Å². The van der Waals surface area contributed by atoms with Crippen LogP contribution < -0.4 is 14.1 Å². The molecule has 0 atom stereocenters. The molecule has 0 N–H and O–H groups in total. The Balaban J connectivity index is 0.886. The number of hydrogen-bond acceptors (Lipinski definition) is 2. The summed E-state index contributed by atoms with van der Waals surface area (Å²) in [6.45, 7) is 19.1. The second-order valence-electron chi connectivity index (χ2n) is 20.2. The minimum absolute atomic E-state index is 0.352. The van der Waals surface area contributed by atoms with Gasteiger partial charge in [0, 0.05) is 17.6 Å². The van der Waals surface area contributed by atoms with Crippen molar-refractivity contribution < 1.29 is 7.67 Å². The van der Waals surface area contributed by atoms with Crippen molar-refractivity contribution in [2.45, 2.75) is 64.8 Å². The van der Waals surface area contributed by atoms with E-state index in [-0.39, 0.29) is 0 Å². The Morgan fingerprint density at radius 1 is 0.424 bits per heavy atom. The Hall–Kier alpha value is -5.87. The number of nitrogens with zero attached hydrogens (tertiary/aromatic N) is 2. The number of benzene rings is 8. The Morgan fingerprint density at radius 2 is 0.773 bits per heavy atom. The average Bonchev–Trinajstić information content (AvgIpc) is 3.79. The van der Waals surface area contributed by atoms with E-state index in [0.29, 0.717) is 8.92 Å². The first-order chi connectivity index (χ1) is 31.6. The number of hydrogen-bond donors (Lipinski definition) is 0. The van der Waals surface area contributed by atoms with Crippen LogP contribution in [0.25, 0.3) is 77.2 Å². The van der Waals surface area contributed by atoms with E-state index in [1.807, 2.05) is 24.3 Å². The topological polar surface area (TPSA) is 44.0 Å². The molecule has 8 aromatic carbocycles. The van der Waals surface area contributed by atoms with Crippen LogP contribution >= 0.6 is 0 Å². The zero-order chi connectivity index (χ0) is 46.1. The van der Waals surface area contributed by atoms with E-state index >= 15 is 0 Å². The Bertz CT molecular complexity index is 3560. The fourth-order valence-corrected chi connectivity index (χ4v) is 16.1. The van der Waals surface area contributed by atoms with E-state index in [0.717, 1.165) is 33.6 Å². The van der Waals surface area contributed by atoms with Crippen molar-refractivity contribution in [3.8, 4) is 33.6 Å². The fraction of sp³-hybridized carbons (Fsp3) is 0.172. The fourth-order valence-electron chi connectivity index (χ4n) is 9.87. The Morgan fingerprint density at radius 3 is 1.17 bits per heavy atom. The third-order valence-electron chi connectivity index (χ3n) is 13.2. The zero-order valence-corrected chi connectivity index (χ0v) is 44.4. The molecule has 10 rings (SSSR count). The van der Waals surface area contributed by atoms with Gasteiger partial charge in [-0.3, -0.25) is 0 Å². The molecule has 10 aromatic rings. The van der Waals surface area contributed by atoms with Crippen LogP contribution in [0, 0.1) is 6.92 Å². The summed E-state index contributed by atoms with van der Waals surface area (Å²) in [6.07, 6.45) is 0. The van der Waals surface area contributed by atoms with E-state index in [4.69, 9.17) is 0 Å². The van der Waals surface area contributed by atoms with E-state index in [1.165, 1.54) is 77.6 Å². The molecule has 4 nitrogen and oxygen atoms in total. The Labute approximate surface area is 395 Å². The molecule has 0 bridgehead atoms. The van der Waals surface area contributed by atoms with Gasteiger partial charge in [0.2, 0.25) is 0 Å². The monoisotopic (exact) mass is 978 g/mol. The maximum absolute atomic E-state index is 14.0. The van der Waals surface area contributed by atoms with Crippen molar-refractivity contribution in [3.05, 3.63) is 187 Å². The molecular formula is C58H58N2O2SeSi3. The summed E-state index contributed by atoms with van der Waals surface area (Å²) in [4.78, 5) is 0. The molecule has 8 heteroatoms. The third-order valence-corrected chi connectivity index (χ3v) is 21.6. The van der Waals surface area contributed by atoms with Crippen LogP contribution in [0.1, 0.15) is 16.7 Å². The number of rotatable bonds is 11. The first-order valence-corrected chi connectivity index (χ1v) is 36.3. The van der Waals surface area contributed by atoms with Crippen LogP contribution in [0.4, 0.5) is 0 Å². The quantitative estimate of drug-likeness (QED) is 0.121. The number of fused-ring (bicyclic) bond motifs is 6. The number of aryl methyl sites for hydroxylation is 1. The van der Waals surface area contributed by atoms with Crippen LogP contribution in [0.5, 0.6) is 0 Å². The predicted octanol–water partition coefficient (Wildman–Crippen LogP) is 12.6. The van der Waals surface area contributed by atoms with Gasteiger partial charge < -0.3 is 0 Å². The molecule has 330 valence electrons. The van der Waals surface area contributed by atoms with Crippen molar-refractivity contribution in [2.75, 3.05) is 0 Å². The third kappa shape index (κ3) is 8.20. The predicted molar refractivity (Wildman–Crippen MR) is 292 cm³/mol. The maximum atomic E-state index is 14.0. The van der Waals surface area contributed by atoms with Crippen molar-refractivity contribution in [1.82, 2.24) is 9.13 Å². The summed E-state index contributed by atoms with van der Waals surface area (Å²) in [6, 6.07) is 62.4. The summed E-state index contributed by atoms with van der Waals surface area (Å²) in [5.41, 5.74) is 15.2. The van der Waals surface area contributed by atoms with Crippen molar-refractivity contribution in [2.24, 2.45) is 0 Å². The molecule has 0 aliphatic heterocycles. The second-order valence-corrected chi connectivity index (χ2v) is 35.8. The molecular weight excluding hydrogens is 920 g/mol. The van der Waals surface area contributed by atoms with E-state index in [1.54, 1.807) is 24.3 Å². The molecule has 66 heavy (non-hydrogen) atoms. The molecule has 0 fully saturated rings.